The summed E-state index contributed by atoms with van der Waals surface area (Å²) in [5, 5.41) is 7.81. The average Bonchev–Trinajstić information content (AvgIpc) is 3.26. The number of aromatic nitrogens is 3. The van der Waals surface area contributed by atoms with Crippen LogP contribution in [-0.2, 0) is 13.1 Å². The van der Waals surface area contributed by atoms with Crippen LogP contribution in [0.15, 0.2) is 85.3 Å². The number of imidazole rings is 1. The lowest BCUT2D eigenvalue weighted by Gasteiger charge is -2.10. The van der Waals surface area contributed by atoms with E-state index in [0.717, 1.165) is 23.3 Å². The van der Waals surface area contributed by atoms with Gasteiger partial charge in [-0.3, -0.25) is 15.1 Å². The van der Waals surface area contributed by atoms with E-state index in [1.807, 2.05) is 36.4 Å². The molecule has 0 aliphatic rings. The summed E-state index contributed by atoms with van der Waals surface area (Å²) >= 11 is 0. The van der Waals surface area contributed by atoms with Crippen LogP contribution in [-0.4, -0.2) is 32.8 Å². The first kappa shape index (κ1) is 25.2. The maximum Gasteiger partial charge on any atom is 0.573 e. The minimum absolute atomic E-state index is 0.0803. The van der Waals surface area contributed by atoms with E-state index in [0.29, 0.717) is 6.54 Å². The molecule has 9 nitrogen and oxygen atoms in total. The zero-order valence-electron chi connectivity index (χ0n) is 19.2. The van der Waals surface area contributed by atoms with Crippen molar-refractivity contribution in [1.82, 2.24) is 19.9 Å². The number of urea groups is 1. The lowest BCUT2D eigenvalue weighted by Crippen LogP contribution is -2.26. The number of pyridine rings is 1. The van der Waals surface area contributed by atoms with Gasteiger partial charge in [-0.05, 0) is 41.5 Å². The van der Waals surface area contributed by atoms with Crippen molar-refractivity contribution in [2.75, 3.05) is 10.6 Å². The summed E-state index contributed by atoms with van der Waals surface area (Å²) < 4.78 is 42.4. The third-order valence-corrected chi connectivity index (χ3v) is 4.94. The summed E-state index contributed by atoms with van der Waals surface area (Å²) in [6, 6.07) is 16.9. The Labute approximate surface area is 209 Å². The van der Waals surface area contributed by atoms with Gasteiger partial charge in [0.15, 0.2) is 5.82 Å². The van der Waals surface area contributed by atoms with E-state index in [1.54, 1.807) is 23.0 Å². The number of nitrogens with one attached hydrogen (secondary N) is 3. The standard InChI is InChI=1S/C25H21F3N6O3/c26-25(27,28)37-20-10-8-19(9-11-20)31-24(36)33-21-16-34(15-17-5-2-1-3-6-17)22(32-21)23(35)30-14-18-7-4-12-29-13-18/h1-13,16H,14-15H2,(H,30,35)(H2,31,33,36). The van der Waals surface area contributed by atoms with Crippen LogP contribution >= 0.6 is 0 Å². The van der Waals surface area contributed by atoms with E-state index in [9.17, 15) is 22.8 Å². The smallest absolute Gasteiger partial charge is 0.406 e. The maximum absolute atomic E-state index is 12.9. The van der Waals surface area contributed by atoms with E-state index in [-0.39, 0.29) is 23.9 Å². The van der Waals surface area contributed by atoms with Crippen LogP contribution in [0, 0.1) is 0 Å². The number of halogens is 3. The van der Waals surface area contributed by atoms with Crippen molar-refractivity contribution in [2.24, 2.45) is 0 Å². The normalized spacial score (nSPS) is 11.0. The molecule has 190 valence electrons. The molecule has 0 saturated heterocycles. The number of nitrogens with zero attached hydrogens (tertiary/aromatic N) is 3. The molecule has 4 rings (SSSR count). The highest BCUT2D eigenvalue weighted by Gasteiger charge is 2.31. The molecular weight excluding hydrogens is 489 g/mol. The number of hydrogen-bond donors (Lipinski definition) is 3. The molecule has 2 heterocycles. The number of ether oxygens (including phenoxy) is 1. The molecule has 3 amide bonds. The summed E-state index contributed by atoms with van der Waals surface area (Å²) in [6.07, 6.45) is -0.0277. The number of benzene rings is 2. The van der Waals surface area contributed by atoms with Gasteiger partial charge in [0.1, 0.15) is 5.75 Å². The topological polar surface area (TPSA) is 110 Å². The number of anilines is 2. The Morgan fingerprint density at radius 3 is 2.32 bits per heavy atom. The van der Waals surface area contributed by atoms with Crippen molar-refractivity contribution >= 4 is 23.4 Å². The van der Waals surface area contributed by atoms with Crippen molar-refractivity contribution in [1.29, 1.82) is 0 Å². The maximum atomic E-state index is 12.9. The Kier molecular flexibility index (Phi) is 7.67. The molecule has 0 aliphatic carbocycles. The van der Waals surface area contributed by atoms with Gasteiger partial charge < -0.3 is 19.9 Å². The number of rotatable bonds is 8. The molecule has 4 aromatic rings. The molecule has 0 aliphatic heterocycles. The number of amides is 3. The van der Waals surface area contributed by atoms with E-state index >= 15 is 0 Å². The summed E-state index contributed by atoms with van der Waals surface area (Å²) in [5.41, 5.74) is 1.95. The Balaban J connectivity index is 1.45. The quantitative estimate of drug-likeness (QED) is 0.316. The molecule has 2 aromatic heterocycles. The summed E-state index contributed by atoms with van der Waals surface area (Å²) in [5.74, 6) is -0.678. The van der Waals surface area contributed by atoms with Crippen LogP contribution in [0.2, 0.25) is 0 Å². The Morgan fingerprint density at radius 1 is 0.919 bits per heavy atom. The lowest BCUT2D eigenvalue weighted by atomic mass is 10.2. The molecule has 2 aromatic carbocycles. The number of carbonyl (C=O) groups excluding carboxylic acids is 2. The monoisotopic (exact) mass is 510 g/mol. The van der Waals surface area contributed by atoms with Gasteiger partial charge in [0.2, 0.25) is 5.82 Å². The number of hydrogen-bond acceptors (Lipinski definition) is 5. The first-order valence-electron chi connectivity index (χ1n) is 11.0. The van der Waals surface area contributed by atoms with Crippen LogP contribution in [0.4, 0.5) is 29.5 Å². The van der Waals surface area contributed by atoms with Crippen LogP contribution < -0.4 is 20.7 Å². The molecule has 37 heavy (non-hydrogen) atoms. The molecular formula is C25H21F3N6O3. The molecule has 0 saturated carbocycles. The van der Waals surface area contributed by atoms with Crippen molar-refractivity contribution < 1.29 is 27.5 Å². The first-order chi connectivity index (χ1) is 17.7. The molecule has 12 heteroatoms. The SMILES string of the molecule is O=C(Nc1ccc(OC(F)(F)F)cc1)Nc1cn(Cc2ccccc2)c(C(=O)NCc2cccnc2)n1. The summed E-state index contributed by atoms with van der Waals surface area (Å²) in [4.78, 5) is 33.7. The van der Waals surface area contributed by atoms with Crippen molar-refractivity contribution in [2.45, 2.75) is 19.5 Å². The zero-order valence-corrected chi connectivity index (χ0v) is 19.2. The third-order valence-electron chi connectivity index (χ3n) is 4.94. The van der Waals surface area contributed by atoms with Gasteiger partial charge in [-0.15, -0.1) is 13.2 Å². The predicted octanol–water partition coefficient (Wildman–Crippen LogP) is 4.80. The fraction of sp³-hybridized carbons (Fsp3) is 0.120. The second-order valence-electron chi connectivity index (χ2n) is 7.76. The van der Waals surface area contributed by atoms with Crippen LogP contribution in [0.3, 0.4) is 0 Å². The average molecular weight is 510 g/mol. The molecule has 0 atom stereocenters. The van der Waals surface area contributed by atoms with E-state index in [1.165, 1.54) is 18.3 Å². The van der Waals surface area contributed by atoms with E-state index < -0.39 is 24.1 Å². The van der Waals surface area contributed by atoms with Crippen molar-refractivity contribution in [3.63, 3.8) is 0 Å². The van der Waals surface area contributed by atoms with Crippen LogP contribution in [0.1, 0.15) is 21.7 Å². The minimum atomic E-state index is -4.81. The highest BCUT2D eigenvalue weighted by atomic mass is 19.4. The van der Waals surface area contributed by atoms with E-state index in [4.69, 9.17) is 0 Å². The van der Waals surface area contributed by atoms with Gasteiger partial charge in [0.25, 0.3) is 5.91 Å². The molecule has 0 bridgehead atoms. The molecule has 0 fully saturated rings. The van der Waals surface area contributed by atoms with Gasteiger partial charge in [0.05, 0.1) is 0 Å². The summed E-state index contributed by atoms with van der Waals surface area (Å²) in [7, 11) is 0. The fourth-order valence-corrected chi connectivity index (χ4v) is 3.34. The van der Waals surface area contributed by atoms with Gasteiger partial charge in [0, 0.05) is 37.4 Å². The van der Waals surface area contributed by atoms with Gasteiger partial charge in [-0.1, -0.05) is 36.4 Å². The Bertz CT molecular complexity index is 1340. The highest BCUT2D eigenvalue weighted by Crippen LogP contribution is 2.24. The van der Waals surface area contributed by atoms with Crippen LogP contribution in [0.25, 0.3) is 0 Å². The first-order valence-corrected chi connectivity index (χ1v) is 11.0. The predicted molar refractivity (Wildman–Crippen MR) is 129 cm³/mol. The largest absolute Gasteiger partial charge is 0.573 e. The van der Waals surface area contributed by atoms with E-state index in [2.05, 4.69) is 30.7 Å². The zero-order chi connectivity index (χ0) is 26.3. The van der Waals surface area contributed by atoms with Gasteiger partial charge in [-0.2, -0.15) is 0 Å². The van der Waals surface area contributed by atoms with Crippen molar-refractivity contribution in [3.8, 4) is 5.75 Å². The van der Waals surface area contributed by atoms with Crippen LogP contribution in [0.5, 0.6) is 5.75 Å². The van der Waals surface area contributed by atoms with Gasteiger partial charge >= 0.3 is 12.4 Å². The lowest BCUT2D eigenvalue weighted by molar-refractivity contribution is -0.274. The Morgan fingerprint density at radius 2 is 1.65 bits per heavy atom. The fourth-order valence-electron chi connectivity index (χ4n) is 3.34. The second kappa shape index (κ2) is 11.2. The molecule has 0 unspecified atom stereocenters. The molecule has 0 spiro atoms. The van der Waals surface area contributed by atoms with Gasteiger partial charge in [-0.25, -0.2) is 9.78 Å². The third kappa shape index (κ3) is 7.56. The summed E-state index contributed by atoms with van der Waals surface area (Å²) in [6.45, 7) is 0.565. The number of carbonyl (C=O) groups is 2. The second-order valence-corrected chi connectivity index (χ2v) is 7.76. The highest BCUT2D eigenvalue weighted by molar-refractivity contribution is 5.99. The Hall–Kier alpha value is -4.87. The number of alkyl halides is 3. The van der Waals surface area contributed by atoms with Crippen molar-refractivity contribution in [3.05, 3.63) is 102 Å². The minimum Gasteiger partial charge on any atom is -0.406 e. The molecule has 3 N–H and O–H groups in total. The molecule has 0 radical (unpaired) electrons.